The first-order chi connectivity index (χ1) is 18.2. The van der Waals surface area contributed by atoms with Crippen molar-refractivity contribution in [2.45, 2.75) is 43.3 Å². The summed E-state index contributed by atoms with van der Waals surface area (Å²) in [5, 5.41) is 9.04. The molecule has 4 aromatic rings. The SMILES string of the molecule is Cc1c(N2CCC(c3ccccc3)C2)nc2c(C(C)Nc3ccccc3SN)cc(C(F)(F)F)cn2c1=O. The molecular weight excluding hydrogens is 511 g/mol. The monoisotopic (exact) mass is 539 g/mol. The molecule has 5 rings (SSSR count). The maximum atomic E-state index is 13.9. The number of aromatic nitrogens is 2. The Kier molecular flexibility index (Phi) is 7.11. The second-order valence-corrected chi connectivity index (χ2v) is 10.2. The fourth-order valence-corrected chi connectivity index (χ4v) is 5.48. The third-order valence-corrected chi connectivity index (χ3v) is 7.70. The van der Waals surface area contributed by atoms with Gasteiger partial charge in [0, 0.05) is 41.4 Å². The molecular formula is C28H28F3N5OS. The highest BCUT2D eigenvalue weighted by Gasteiger charge is 2.34. The van der Waals surface area contributed by atoms with Gasteiger partial charge in [0.05, 0.1) is 17.2 Å². The van der Waals surface area contributed by atoms with Crippen molar-refractivity contribution in [2.24, 2.45) is 5.14 Å². The van der Waals surface area contributed by atoms with Crippen molar-refractivity contribution in [2.75, 3.05) is 23.3 Å². The maximum Gasteiger partial charge on any atom is 0.417 e. The summed E-state index contributed by atoms with van der Waals surface area (Å²) in [6.45, 7) is 4.76. The molecule has 2 unspecified atom stereocenters. The fourth-order valence-electron chi connectivity index (χ4n) is 5.07. The summed E-state index contributed by atoms with van der Waals surface area (Å²) < 4.78 is 42.7. The number of halogens is 3. The average Bonchev–Trinajstić information content (AvgIpc) is 3.40. The van der Waals surface area contributed by atoms with Crippen molar-refractivity contribution in [1.29, 1.82) is 0 Å². The van der Waals surface area contributed by atoms with Gasteiger partial charge in [0.1, 0.15) is 11.5 Å². The van der Waals surface area contributed by atoms with Crippen molar-refractivity contribution in [3.8, 4) is 0 Å². The molecule has 0 amide bonds. The number of nitrogens with zero attached hydrogens (tertiary/aromatic N) is 3. The van der Waals surface area contributed by atoms with E-state index in [2.05, 4.69) is 22.3 Å². The number of hydrogen-bond acceptors (Lipinski definition) is 6. The molecule has 10 heteroatoms. The van der Waals surface area contributed by atoms with E-state index < -0.39 is 23.3 Å². The molecule has 0 saturated carbocycles. The number of nitrogens with one attached hydrogen (secondary N) is 1. The van der Waals surface area contributed by atoms with Gasteiger partial charge in [-0.05, 0) is 56.0 Å². The number of rotatable bonds is 6. The summed E-state index contributed by atoms with van der Waals surface area (Å²) in [5.74, 6) is 0.799. The maximum absolute atomic E-state index is 13.9. The first kappa shape index (κ1) is 26.1. The number of para-hydroxylation sites is 1. The van der Waals surface area contributed by atoms with Crippen LogP contribution in [0.1, 0.15) is 47.6 Å². The molecule has 1 fully saturated rings. The molecule has 38 heavy (non-hydrogen) atoms. The summed E-state index contributed by atoms with van der Waals surface area (Å²) in [6.07, 6.45) is -2.88. The largest absolute Gasteiger partial charge is 0.417 e. The summed E-state index contributed by atoms with van der Waals surface area (Å²) in [6, 6.07) is 17.9. The number of hydrogen-bond donors (Lipinski definition) is 2. The number of benzene rings is 2. The van der Waals surface area contributed by atoms with Crippen LogP contribution in [0.2, 0.25) is 0 Å². The molecule has 1 saturated heterocycles. The Morgan fingerprint density at radius 1 is 1.13 bits per heavy atom. The van der Waals surface area contributed by atoms with Crippen LogP contribution in [0.25, 0.3) is 5.65 Å². The predicted octanol–water partition coefficient (Wildman–Crippen LogP) is 6.15. The van der Waals surface area contributed by atoms with Crippen molar-refractivity contribution < 1.29 is 13.2 Å². The summed E-state index contributed by atoms with van der Waals surface area (Å²) in [4.78, 5) is 21.1. The van der Waals surface area contributed by atoms with Gasteiger partial charge in [-0.1, -0.05) is 42.5 Å². The molecule has 0 spiro atoms. The quantitative estimate of drug-likeness (QED) is 0.286. The normalized spacial score (nSPS) is 16.7. The molecule has 198 valence electrons. The summed E-state index contributed by atoms with van der Waals surface area (Å²) in [5.41, 5.74) is 1.28. The highest BCUT2D eigenvalue weighted by molar-refractivity contribution is 7.97. The van der Waals surface area contributed by atoms with E-state index in [0.29, 0.717) is 30.2 Å². The van der Waals surface area contributed by atoms with Crippen molar-refractivity contribution in [3.63, 3.8) is 0 Å². The highest BCUT2D eigenvalue weighted by Crippen LogP contribution is 2.36. The minimum Gasteiger partial charge on any atom is -0.377 e. The predicted molar refractivity (Wildman–Crippen MR) is 146 cm³/mol. The van der Waals surface area contributed by atoms with Gasteiger partial charge in [-0.15, -0.1) is 0 Å². The first-order valence-corrected chi connectivity index (χ1v) is 13.2. The Morgan fingerprint density at radius 3 is 2.55 bits per heavy atom. The standard InChI is InChI=1S/C28H28F3N5OS/c1-17-25(35-13-12-20(15-35)19-8-4-3-5-9-19)34-26-22(14-21(28(29,30)31)16-36(26)27(17)37)18(2)33-23-10-6-7-11-24(23)38-32/h3-11,14,16,18,20,33H,12-13,15,32H2,1-2H3. The van der Waals surface area contributed by atoms with E-state index in [1.54, 1.807) is 13.8 Å². The number of pyridine rings is 1. The minimum atomic E-state index is -4.63. The Hall–Kier alpha value is -3.50. The number of fused-ring (bicyclic) bond motifs is 1. The molecule has 2 aromatic carbocycles. The van der Waals surface area contributed by atoms with E-state index in [9.17, 15) is 18.0 Å². The average molecular weight is 540 g/mol. The van der Waals surface area contributed by atoms with Crippen molar-refractivity contribution >= 4 is 29.1 Å². The van der Waals surface area contributed by atoms with Crippen molar-refractivity contribution in [3.05, 3.63) is 99.5 Å². The van der Waals surface area contributed by atoms with Gasteiger partial charge in [0.2, 0.25) is 0 Å². The number of anilines is 2. The Bertz CT molecular complexity index is 1520. The molecule has 1 aliphatic heterocycles. The van der Waals surface area contributed by atoms with E-state index in [4.69, 9.17) is 10.1 Å². The van der Waals surface area contributed by atoms with Gasteiger partial charge in [-0.3, -0.25) is 14.3 Å². The first-order valence-electron chi connectivity index (χ1n) is 12.3. The lowest BCUT2D eigenvalue weighted by molar-refractivity contribution is -0.137. The van der Waals surface area contributed by atoms with Gasteiger partial charge < -0.3 is 10.2 Å². The lowest BCUT2D eigenvalue weighted by atomic mass is 9.99. The number of nitrogens with two attached hydrogens (primary N) is 1. The van der Waals surface area contributed by atoms with E-state index in [1.165, 1.54) is 5.56 Å². The van der Waals surface area contributed by atoms with Crippen LogP contribution in [0.15, 0.2) is 76.6 Å². The molecule has 0 aliphatic carbocycles. The van der Waals surface area contributed by atoms with E-state index in [1.807, 2.05) is 42.5 Å². The van der Waals surface area contributed by atoms with Gasteiger partial charge in [0.25, 0.3) is 5.56 Å². The van der Waals surface area contributed by atoms with Crippen LogP contribution in [-0.4, -0.2) is 22.5 Å². The minimum absolute atomic E-state index is 0.199. The molecule has 3 heterocycles. The van der Waals surface area contributed by atoms with E-state index in [0.717, 1.165) is 39.9 Å². The molecule has 0 bridgehead atoms. The van der Waals surface area contributed by atoms with Gasteiger partial charge >= 0.3 is 6.18 Å². The van der Waals surface area contributed by atoms with Crippen LogP contribution >= 0.6 is 11.9 Å². The van der Waals surface area contributed by atoms with Gasteiger partial charge in [0.15, 0.2) is 0 Å². The van der Waals surface area contributed by atoms with Gasteiger partial charge in [-0.25, -0.2) is 4.98 Å². The van der Waals surface area contributed by atoms with Crippen LogP contribution in [0.5, 0.6) is 0 Å². The molecule has 3 N–H and O–H groups in total. The summed E-state index contributed by atoms with van der Waals surface area (Å²) >= 11 is 1.05. The van der Waals surface area contributed by atoms with Crippen molar-refractivity contribution in [1.82, 2.24) is 9.38 Å². The van der Waals surface area contributed by atoms with E-state index >= 15 is 0 Å². The third-order valence-electron chi connectivity index (χ3n) is 7.09. The lowest BCUT2D eigenvalue weighted by Crippen LogP contribution is -2.29. The smallest absolute Gasteiger partial charge is 0.377 e. The highest BCUT2D eigenvalue weighted by atomic mass is 32.2. The zero-order chi connectivity index (χ0) is 27.0. The molecule has 2 aromatic heterocycles. The van der Waals surface area contributed by atoms with Crippen LogP contribution in [0.4, 0.5) is 24.7 Å². The Morgan fingerprint density at radius 2 is 1.84 bits per heavy atom. The Labute approximate surface area is 222 Å². The zero-order valence-electron chi connectivity index (χ0n) is 21.0. The second-order valence-electron chi connectivity index (χ2n) is 9.56. The van der Waals surface area contributed by atoms with Crippen LogP contribution in [-0.2, 0) is 6.18 Å². The lowest BCUT2D eigenvalue weighted by Gasteiger charge is -2.24. The molecule has 6 nitrogen and oxygen atoms in total. The topological polar surface area (TPSA) is 75.7 Å². The number of alkyl halides is 3. The molecule has 0 radical (unpaired) electrons. The summed E-state index contributed by atoms with van der Waals surface area (Å²) in [7, 11) is 0. The zero-order valence-corrected chi connectivity index (χ0v) is 21.8. The van der Waals surface area contributed by atoms with Crippen LogP contribution < -0.4 is 20.9 Å². The molecule has 2 atom stereocenters. The van der Waals surface area contributed by atoms with Crippen LogP contribution in [0, 0.1) is 6.92 Å². The van der Waals surface area contributed by atoms with Crippen LogP contribution in [0.3, 0.4) is 0 Å². The third kappa shape index (κ3) is 4.98. The van der Waals surface area contributed by atoms with E-state index in [-0.39, 0.29) is 17.1 Å². The second kappa shape index (κ2) is 10.3. The fraction of sp³-hybridized carbons (Fsp3) is 0.286. The Balaban J connectivity index is 1.61. The molecule has 1 aliphatic rings. The van der Waals surface area contributed by atoms with Gasteiger partial charge in [-0.2, -0.15) is 13.2 Å².